The molecule has 1 aromatic rings. The predicted molar refractivity (Wildman–Crippen MR) is 59.5 cm³/mol. The highest BCUT2D eigenvalue weighted by molar-refractivity contribution is 6.33. The minimum absolute atomic E-state index is 0.573. The van der Waals surface area contributed by atoms with E-state index in [1.165, 1.54) is 0 Å². The molecule has 0 aliphatic rings. The fraction of sp³-hybridized carbons (Fsp3) is 0.182. The Balaban J connectivity index is 2.70. The van der Waals surface area contributed by atoms with E-state index in [-0.39, 0.29) is 0 Å². The molecule has 0 bridgehead atoms. The highest BCUT2D eigenvalue weighted by atomic mass is 35.5. The first-order valence-corrected chi connectivity index (χ1v) is 4.70. The summed E-state index contributed by atoms with van der Waals surface area (Å²) < 4.78 is 0. The van der Waals surface area contributed by atoms with E-state index in [1.807, 2.05) is 18.2 Å². The number of rotatable bonds is 4. The summed E-state index contributed by atoms with van der Waals surface area (Å²) in [5.41, 5.74) is 1.43. The van der Waals surface area contributed by atoms with Gasteiger partial charge in [-0.15, -0.1) is 6.58 Å². The molecule has 0 aromatic heterocycles. The van der Waals surface area contributed by atoms with Crippen molar-refractivity contribution >= 4 is 17.3 Å². The molecular formula is C11H11ClN2. The van der Waals surface area contributed by atoms with Gasteiger partial charge in [0.15, 0.2) is 0 Å². The van der Waals surface area contributed by atoms with Gasteiger partial charge in [-0.25, -0.2) is 0 Å². The van der Waals surface area contributed by atoms with Gasteiger partial charge in [-0.2, -0.15) is 5.26 Å². The third-order valence-corrected chi connectivity index (χ3v) is 2.07. The van der Waals surface area contributed by atoms with Crippen molar-refractivity contribution in [2.45, 2.75) is 6.42 Å². The zero-order valence-electron chi connectivity index (χ0n) is 7.76. The number of hydrogen-bond donors (Lipinski definition) is 1. The first-order chi connectivity index (χ1) is 6.77. The van der Waals surface area contributed by atoms with Crippen LogP contribution in [0.3, 0.4) is 0 Å². The van der Waals surface area contributed by atoms with Gasteiger partial charge in [0.25, 0.3) is 0 Å². The third-order valence-electron chi connectivity index (χ3n) is 1.76. The van der Waals surface area contributed by atoms with Crippen molar-refractivity contribution in [3.05, 3.63) is 41.4 Å². The Hall–Kier alpha value is -1.46. The first-order valence-electron chi connectivity index (χ1n) is 4.32. The molecule has 72 valence electrons. The van der Waals surface area contributed by atoms with Crippen molar-refractivity contribution in [1.29, 1.82) is 5.26 Å². The fourth-order valence-corrected chi connectivity index (χ4v) is 1.28. The Morgan fingerprint density at radius 1 is 1.57 bits per heavy atom. The highest BCUT2D eigenvalue weighted by Crippen LogP contribution is 2.22. The van der Waals surface area contributed by atoms with Crippen LogP contribution < -0.4 is 5.32 Å². The van der Waals surface area contributed by atoms with Crippen molar-refractivity contribution in [2.24, 2.45) is 0 Å². The first kappa shape index (κ1) is 10.6. The van der Waals surface area contributed by atoms with E-state index in [0.717, 1.165) is 18.7 Å². The molecule has 0 spiro atoms. The molecule has 1 aromatic carbocycles. The molecule has 0 aliphatic carbocycles. The second-order valence-corrected chi connectivity index (χ2v) is 3.22. The second kappa shape index (κ2) is 5.31. The van der Waals surface area contributed by atoms with Crippen LogP contribution in [0.15, 0.2) is 30.9 Å². The maximum Gasteiger partial charge on any atom is 0.0992 e. The summed E-state index contributed by atoms with van der Waals surface area (Å²) >= 11 is 5.95. The summed E-state index contributed by atoms with van der Waals surface area (Å²) in [6.45, 7) is 4.43. The largest absolute Gasteiger partial charge is 0.384 e. The van der Waals surface area contributed by atoms with Gasteiger partial charge < -0.3 is 5.32 Å². The van der Waals surface area contributed by atoms with Crippen molar-refractivity contribution in [2.75, 3.05) is 11.9 Å². The van der Waals surface area contributed by atoms with Gasteiger partial charge in [-0.1, -0.05) is 17.7 Å². The number of hydrogen-bond acceptors (Lipinski definition) is 2. The third kappa shape index (κ3) is 2.79. The molecule has 14 heavy (non-hydrogen) atoms. The second-order valence-electron chi connectivity index (χ2n) is 2.81. The monoisotopic (exact) mass is 206 g/mol. The van der Waals surface area contributed by atoms with Crippen LogP contribution in [0.25, 0.3) is 0 Å². The van der Waals surface area contributed by atoms with E-state index in [4.69, 9.17) is 16.9 Å². The average molecular weight is 207 g/mol. The molecule has 2 nitrogen and oxygen atoms in total. The summed E-state index contributed by atoms with van der Waals surface area (Å²) in [5.74, 6) is 0. The van der Waals surface area contributed by atoms with Gasteiger partial charge in [0.2, 0.25) is 0 Å². The van der Waals surface area contributed by atoms with Crippen molar-refractivity contribution in [3.63, 3.8) is 0 Å². The van der Waals surface area contributed by atoms with Gasteiger partial charge in [0.1, 0.15) is 0 Å². The van der Waals surface area contributed by atoms with E-state index in [2.05, 4.69) is 11.9 Å². The van der Waals surface area contributed by atoms with Crippen LogP contribution in [0.5, 0.6) is 0 Å². The van der Waals surface area contributed by atoms with Gasteiger partial charge >= 0.3 is 0 Å². The molecule has 0 fully saturated rings. The molecule has 0 unspecified atom stereocenters. The fourth-order valence-electron chi connectivity index (χ4n) is 1.04. The van der Waals surface area contributed by atoms with Gasteiger partial charge in [0, 0.05) is 6.54 Å². The molecule has 0 aliphatic heterocycles. The number of anilines is 1. The molecule has 3 heteroatoms. The highest BCUT2D eigenvalue weighted by Gasteiger charge is 1.99. The molecule has 1 N–H and O–H groups in total. The average Bonchev–Trinajstić information content (AvgIpc) is 2.20. The maximum atomic E-state index is 8.62. The molecular weight excluding hydrogens is 196 g/mol. The Morgan fingerprint density at radius 2 is 2.36 bits per heavy atom. The zero-order valence-corrected chi connectivity index (χ0v) is 8.51. The molecule has 0 amide bonds. The molecule has 1 rings (SSSR count). The van der Waals surface area contributed by atoms with Crippen LogP contribution in [0.4, 0.5) is 5.69 Å². The molecule has 0 saturated carbocycles. The molecule has 0 atom stereocenters. The molecule has 0 heterocycles. The van der Waals surface area contributed by atoms with Crippen molar-refractivity contribution in [1.82, 2.24) is 0 Å². The quantitative estimate of drug-likeness (QED) is 0.607. The number of benzene rings is 1. The van der Waals surface area contributed by atoms with E-state index < -0.39 is 0 Å². The van der Waals surface area contributed by atoms with E-state index in [0.29, 0.717) is 10.6 Å². The number of nitriles is 1. The molecule has 0 radical (unpaired) electrons. The summed E-state index contributed by atoms with van der Waals surface area (Å²) in [5, 5.41) is 12.4. The lowest BCUT2D eigenvalue weighted by Crippen LogP contribution is -2.00. The van der Waals surface area contributed by atoms with Crippen LogP contribution >= 0.6 is 11.6 Å². The number of nitrogens with one attached hydrogen (secondary N) is 1. The van der Waals surface area contributed by atoms with Crippen LogP contribution in [0, 0.1) is 11.3 Å². The Labute approximate surface area is 88.8 Å². The lowest BCUT2D eigenvalue weighted by Gasteiger charge is -2.06. The number of nitrogens with zero attached hydrogens (tertiary/aromatic N) is 1. The molecule has 0 saturated heterocycles. The predicted octanol–water partition coefficient (Wildman–Crippen LogP) is 3.20. The topological polar surface area (TPSA) is 35.8 Å². The van der Waals surface area contributed by atoms with Crippen molar-refractivity contribution < 1.29 is 0 Å². The Bertz CT molecular complexity index is 366. The van der Waals surface area contributed by atoms with E-state index >= 15 is 0 Å². The lowest BCUT2D eigenvalue weighted by molar-refractivity contribution is 1.07. The van der Waals surface area contributed by atoms with Crippen molar-refractivity contribution in [3.8, 4) is 6.07 Å². The van der Waals surface area contributed by atoms with Gasteiger partial charge in [-0.05, 0) is 24.6 Å². The van der Waals surface area contributed by atoms with E-state index in [1.54, 1.807) is 12.1 Å². The minimum Gasteiger partial charge on any atom is -0.384 e. The van der Waals surface area contributed by atoms with E-state index in [9.17, 15) is 0 Å². The SMILES string of the molecule is C=CCCNc1ccc(C#N)cc1Cl. The zero-order chi connectivity index (χ0) is 10.4. The van der Waals surface area contributed by atoms with Crippen LogP contribution in [0.2, 0.25) is 5.02 Å². The van der Waals surface area contributed by atoms with Crippen LogP contribution in [-0.2, 0) is 0 Å². The standard InChI is InChI=1S/C11H11ClN2/c1-2-3-6-14-11-5-4-9(8-13)7-10(11)12/h2,4-5,7,14H,1,3,6H2. The van der Waals surface area contributed by atoms with Gasteiger partial charge in [0.05, 0.1) is 22.3 Å². The Kier molecular flexibility index (Phi) is 4.03. The van der Waals surface area contributed by atoms with Crippen LogP contribution in [0.1, 0.15) is 12.0 Å². The number of halogens is 1. The summed E-state index contributed by atoms with van der Waals surface area (Å²) in [6.07, 6.45) is 2.72. The lowest BCUT2D eigenvalue weighted by atomic mass is 10.2. The Morgan fingerprint density at radius 3 is 2.93 bits per heavy atom. The summed E-state index contributed by atoms with van der Waals surface area (Å²) in [4.78, 5) is 0. The summed E-state index contributed by atoms with van der Waals surface area (Å²) in [7, 11) is 0. The maximum absolute atomic E-state index is 8.62. The smallest absolute Gasteiger partial charge is 0.0992 e. The van der Waals surface area contributed by atoms with Gasteiger partial charge in [-0.3, -0.25) is 0 Å². The summed E-state index contributed by atoms with van der Waals surface area (Å²) in [6, 6.07) is 7.23. The minimum atomic E-state index is 0.573. The van der Waals surface area contributed by atoms with Crippen LogP contribution in [-0.4, -0.2) is 6.54 Å². The normalized spacial score (nSPS) is 9.14.